The lowest BCUT2D eigenvalue weighted by atomic mass is 9.86. The summed E-state index contributed by atoms with van der Waals surface area (Å²) >= 11 is 0. The maximum absolute atomic E-state index is 12.3. The van der Waals surface area contributed by atoms with Gasteiger partial charge in [0.05, 0.1) is 6.42 Å². The molecule has 4 nitrogen and oxygen atoms in total. The second kappa shape index (κ2) is 4.85. The smallest absolute Gasteiger partial charge is 0.227 e. The largest absolute Gasteiger partial charge is 0.508 e. The zero-order chi connectivity index (χ0) is 13.3. The molecule has 1 spiro atoms. The number of amides is 1. The molecule has 2 saturated heterocycles. The van der Waals surface area contributed by atoms with Gasteiger partial charge in [0.2, 0.25) is 5.91 Å². The Hall–Kier alpha value is -1.55. The molecule has 102 valence electrons. The lowest BCUT2D eigenvalue weighted by molar-refractivity contribution is -0.129. The van der Waals surface area contributed by atoms with Crippen molar-refractivity contribution < 1.29 is 9.90 Å². The number of phenolic OH excluding ortho intramolecular Hbond substituents is 1. The molecule has 2 N–H and O–H groups in total. The first-order valence-electron chi connectivity index (χ1n) is 6.93. The van der Waals surface area contributed by atoms with Crippen molar-refractivity contribution in [3.8, 4) is 5.75 Å². The molecule has 2 heterocycles. The Morgan fingerprint density at radius 3 is 2.79 bits per heavy atom. The van der Waals surface area contributed by atoms with Crippen LogP contribution in [-0.2, 0) is 11.2 Å². The molecule has 1 amide bonds. The number of hydrogen-bond acceptors (Lipinski definition) is 3. The first-order chi connectivity index (χ1) is 9.17. The third-order valence-corrected chi connectivity index (χ3v) is 4.41. The summed E-state index contributed by atoms with van der Waals surface area (Å²) in [6.07, 6.45) is 2.75. The average molecular weight is 260 g/mol. The summed E-state index contributed by atoms with van der Waals surface area (Å²) in [6.45, 7) is 3.92. The van der Waals surface area contributed by atoms with Gasteiger partial charge >= 0.3 is 0 Å². The van der Waals surface area contributed by atoms with Crippen LogP contribution >= 0.6 is 0 Å². The van der Waals surface area contributed by atoms with Crippen LogP contribution in [0.25, 0.3) is 0 Å². The van der Waals surface area contributed by atoms with Crippen LogP contribution in [0.1, 0.15) is 18.4 Å². The molecule has 0 saturated carbocycles. The van der Waals surface area contributed by atoms with Crippen molar-refractivity contribution in [2.45, 2.75) is 19.3 Å². The number of aromatic hydroxyl groups is 1. The SMILES string of the molecule is O=C(Cc1ccc(O)cc1)N1CC[C@]2(CCNC2)C1. The van der Waals surface area contributed by atoms with Gasteiger partial charge in [0.25, 0.3) is 0 Å². The number of nitrogens with one attached hydrogen (secondary N) is 1. The van der Waals surface area contributed by atoms with Crippen molar-refractivity contribution in [2.24, 2.45) is 5.41 Å². The van der Waals surface area contributed by atoms with Crippen molar-refractivity contribution in [2.75, 3.05) is 26.2 Å². The van der Waals surface area contributed by atoms with Gasteiger partial charge in [-0.1, -0.05) is 12.1 Å². The number of carbonyl (C=O) groups excluding carboxylic acids is 1. The van der Waals surface area contributed by atoms with E-state index in [1.54, 1.807) is 12.1 Å². The zero-order valence-electron chi connectivity index (χ0n) is 11.1. The average Bonchev–Trinajstić information content (AvgIpc) is 3.03. The monoisotopic (exact) mass is 260 g/mol. The standard InChI is InChI=1S/C15H20N2O2/c18-13-3-1-12(2-4-13)9-14(19)17-8-6-15(11-17)5-7-16-10-15/h1-4,16,18H,5-11H2/t15-/m0/s1. The molecule has 0 aliphatic carbocycles. The number of phenols is 1. The summed E-state index contributed by atoms with van der Waals surface area (Å²) < 4.78 is 0. The summed E-state index contributed by atoms with van der Waals surface area (Å²) in [4.78, 5) is 14.3. The van der Waals surface area contributed by atoms with E-state index in [0.29, 0.717) is 11.8 Å². The first kappa shape index (κ1) is 12.5. The van der Waals surface area contributed by atoms with E-state index in [-0.39, 0.29) is 11.7 Å². The summed E-state index contributed by atoms with van der Waals surface area (Å²) in [7, 11) is 0. The minimum absolute atomic E-state index is 0.203. The molecule has 2 aliphatic heterocycles. The lowest BCUT2D eigenvalue weighted by Crippen LogP contribution is -2.34. The van der Waals surface area contributed by atoms with Gasteiger partial charge in [-0.15, -0.1) is 0 Å². The fraction of sp³-hybridized carbons (Fsp3) is 0.533. The first-order valence-corrected chi connectivity index (χ1v) is 6.93. The van der Waals surface area contributed by atoms with Crippen LogP contribution in [-0.4, -0.2) is 42.1 Å². The molecule has 2 aliphatic rings. The van der Waals surface area contributed by atoms with Gasteiger partial charge in [-0.05, 0) is 37.1 Å². The minimum atomic E-state index is 0.203. The van der Waals surface area contributed by atoms with Crippen LogP contribution in [0, 0.1) is 5.41 Å². The van der Waals surface area contributed by atoms with Crippen molar-refractivity contribution >= 4 is 5.91 Å². The molecule has 0 radical (unpaired) electrons. The second-order valence-electron chi connectivity index (χ2n) is 5.84. The highest BCUT2D eigenvalue weighted by Gasteiger charge is 2.41. The third kappa shape index (κ3) is 2.59. The van der Waals surface area contributed by atoms with E-state index in [4.69, 9.17) is 0 Å². The van der Waals surface area contributed by atoms with Crippen LogP contribution in [0.3, 0.4) is 0 Å². The number of benzene rings is 1. The highest BCUT2D eigenvalue weighted by Crippen LogP contribution is 2.36. The number of carbonyl (C=O) groups is 1. The van der Waals surface area contributed by atoms with Gasteiger partial charge in [0, 0.05) is 25.0 Å². The fourth-order valence-electron chi connectivity index (χ4n) is 3.19. The molecule has 1 aromatic carbocycles. The normalized spacial score (nSPS) is 26.2. The summed E-state index contributed by atoms with van der Waals surface area (Å²) in [5, 5.41) is 12.6. The third-order valence-electron chi connectivity index (χ3n) is 4.41. The Morgan fingerprint density at radius 2 is 2.11 bits per heavy atom. The van der Waals surface area contributed by atoms with Gasteiger partial charge in [0.1, 0.15) is 5.75 Å². The molecule has 2 fully saturated rings. The molecule has 3 rings (SSSR count). The topological polar surface area (TPSA) is 52.6 Å². The Labute approximate surface area is 113 Å². The van der Waals surface area contributed by atoms with E-state index in [2.05, 4.69) is 5.32 Å². The zero-order valence-corrected chi connectivity index (χ0v) is 11.1. The molecule has 0 bridgehead atoms. The molecule has 1 atom stereocenters. The van der Waals surface area contributed by atoms with Crippen LogP contribution in [0.5, 0.6) is 5.75 Å². The van der Waals surface area contributed by atoms with E-state index < -0.39 is 0 Å². The van der Waals surface area contributed by atoms with Gasteiger partial charge in [-0.3, -0.25) is 4.79 Å². The number of likely N-dealkylation sites (tertiary alicyclic amines) is 1. The molecule has 0 aromatic heterocycles. The summed E-state index contributed by atoms with van der Waals surface area (Å²) in [6, 6.07) is 6.90. The maximum atomic E-state index is 12.3. The molecular weight excluding hydrogens is 240 g/mol. The Morgan fingerprint density at radius 1 is 1.32 bits per heavy atom. The molecule has 0 unspecified atom stereocenters. The minimum Gasteiger partial charge on any atom is -0.508 e. The van der Waals surface area contributed by atoms with E-state index in [1.165, 1.54) is 6.42 Å². The number of nitrogens with zero attached hydrogens (tertiary/aromatic N) is 1. The maximum Gasteiger partial charge on any atom is 0.227 e. The Bertz CT molecular complexity index is 464. The predicted octanol–water partition coefficient (Wildman–Crippen LogP) is 1.15. The number of hydrogen-bond donors (Lipinski definition) is 2. The Balaban J connectivity index is 1.61. The van der Waals surface area contributed by atoms with Gasteiger partial charge < -0.3 is 15.3 Å². The van der Waals surface area contributed by atoms with Crippen molar-refractivity contribution in [1.29, 1.82) is 0 Å². The van der Waals surface area contributed by atoms with Crippen LogP contribution in [0.2, 0.25) is 0 Å². The van der Waals surface area contributed by atoms with Crippen LogP contribution in [0.15, 0.2) is 24.3 Å². The molecule has 19 heavy (non-hydrogen) atoms. The van der Waals surface area contributed by atoms with E-state index in [9.17, 15) is 9.90 Å². The van der Waals surface area contributed by atoms with E-state index in [1.807, 2.05) is 17.0 Å². The summed E-state index contributed by atoms with van der Waals surface area (Å²) in [5.41, 5.74) is 1.30. The second-order valence-corrected chi connectivity index (χ2v) is 5.84. The highest BCUT2D eigenvalue weighted by atomic mass is 16.3. The quantitative estimate of drug-likeness (QED) is 0.838. The molecular formula is C15H20N2O2. The number of rotatable bonds is 2. The van der Waals surface area contributed by atoms with Gasteiger partial charge in [-0.2, -0.15) is 0 Å². The van der Waals surface area contributed by atoms with Gasteiger partial charge in [0.15, 0.2) is 0 Å². The van der Waals surface area contributed by atoms with Crippen LogP contribution in [0.4, 0.5) is 0 Å². The van der Waals surface area contributed by atoms with Crippen molar-refractivity contribution in [3.05, 3.63) is 29.8 Å². The van der Waals surface area contributed by atoms with Gasteiger partial charge in [-0.25, -0.2) is 0 Å². The Kier molecular flexibility index (Phi) is 3.19. The molecule has 4 heteroatoms. The molecule has 1 aromatic rings. The highest BCUT2D eigenvalue weighted by molar-refractivity contribution is 5.79. The predicted molar refractivity (Wildman–Crippen MR) is 72.9 cm³/mol. The fourth-order valence-corrected chi connectivity index (χ4v) is 3.19. The lowest BCUT2D eigenvalue weighted by Gasteiger charge is -2.22. The van der Waals surface area contributed by atoms with E-state index in [0.717, 1.165) is 38.2 Å². The summed E-state index contributed by atoms with van der Waals surface area (Å²) in [5.74, 6) is 0.447. The van der Waals surface area contributed by atoms with Crippen LogP contribution < -0.4 is 5.32 Å². The van der Waals surface area contributed by atoms with Crippen molar-refractivity contribution in [3.63, 3.8) is 0 Å². The van der Waals surface area contributed by atoms with Crippen molar-refractivity contribution in [1.82, 2.24) is 10.2 Å². The van der Waals surface area contributed by atoms with E-state index >= 15 is 0 Å².